The summed E-state index contributed by atoms with van der Waals surface area (Å²) in [5.74, 6) is 0.255. The van der Waals surface area contributed by atoms with Crippen LogP contribution >= 0.6 is 0 Å². The van der Waals surface area contributed by atoms with Gasteiger partial charge in [0.05, 0.1) is 24.8 Å². The van der Waals surface area contributed by atoms with Crippen LogP contribution in [0.15, 0.2) is 42.5 Å². The van der Waals surface area contributed by atoms with E-state index in [1.165, 1.54) is 24.1 Å². The van der Waals surface area contributed by atoms with Crippen LogP contribution in [0, 0.1) is 0 Å². The molecule has 0 bridgehead atoms. The minimum absolute atomic E-state index is 0.00376. The lowest BCUT2D eigenvalue weighted by atomic mass is 9.90. The third-order valence-electron chi connectivity index (χ3n) is 5.73. The largest absolute Gasteiger partial charge is 0.497 e. The second-order valence-electron chi connectivity index (χ2n) is 7.70. The minimum Gasteiger partial charge on any atom is -0.497 e. The molecule has 2 aromatic carbocycles. The number of amides is 2. The Kier molecular flexibility index (Phi) is 5.28. The average molecular weight is 434 g/mol. The Morgan fingerprint density at radius 1 is 1.16 bits per heavy atom. The number of nitrogens with one attached hydrogen (secondary N) is 1. The Bertz CT molecular complexity index is 1010. The molecule has 6 nitrogen and oxygen atoms in total. The van der Waals surface area contributed by atoms with E-state index in [0.29, 0.717) is 43.0 Å². The van der Waals surface area contributed by atoms with Gasteiger partial charge in [-0.05, 0) is 30.3 Å². The first-order chi connectivity index (χ1) is 14.7. The van der Waals surface area contributed by atoms with E-state index >= 15 is 0 Å². The molecule has 2 amide bonds. The molecule has 1 N–H and O–H groups in total. The van der Waals surface area contributed by atoms with Gasteiger partial charge in [0.25, 0.3) is 11.8 Å². The molecule has 0 aliphatic carbocycles. The molecule has 2 aliphatic rings. The van der Waals surface area contributed by atoms with Crippen molar-refractivity contribution in [2.75, 3.05) is 26.7 Å². The summed E-state index contributed by atoms with van der Waals surface area (Å²) in [6.07, 6.45) is -3.66. The summed E-state index contributed by atoms with van der Waals surface area (Å²) < 4.78 is 50.4. The predicted octanol–water partition coefficient (Wildman–Crippen LogP) is 3.51. The highest BCUT2D eigenvalue weighted by Crippen LogP contribution is 2.35. The highest BCUT2D eigenvalue weighted by molar-refractivity contribution is 5.97. The summed E-state index contributed by atoms with van der Waals surface area (Å²) in [4.78, 5) is 26.7. The zero-order chi connectivity index (χ0) is 22.2. The molecule has 9 heteroatoms. The first-order valence-corrected chi connectivity index (χ1v) is 9.83. The summed E-state index contributed by atoms with van der Waals surface area (Å²) >= 11 is 0. The number of rotatable bonds is 2. The summed E-state index contributed by atoms with van der Waals surface area (Å²) in [6, 6.07) is 9.39. The highest BCUT2D eigenvalue weighted by Gasteiger charge is 2.41. The van der Waals surface area contributed by atoms with E-state index in [9.17, 15) is 22.8 Å². The molecule has 1 saturated heterocycles. The third kappa shape index (κ3) is 4.17. The molecule has 31 heavy (non-hydrogen) atoms. The van der Waals surface area contributed by atoms with Crippen LogP contribution in [0.2, 0.25) is 0 Å². The zero-order valence-electron chi connectivity index (χ0n) is 16.8. The molecule has 2 aromatic rings. The van der Waals surface area contributed by atoms with Crippen LogP contribution < -0.4 is 14.8 Å². The van der Waals surface area contributed by atoms with E-state index in [-0.39, 0.29) is 18.0 Å². The van der Waals surface area contributed by atoms with E-state index in [2.05, 4.69) is 5.32 Å². The average Bonchev–Trinajstić information content (AvgIpc) is 2.89. The smallest absolute Gasteiger partial charge is 0.416 e. The number of carbonyl (C=O) groups is 2. The lowest BCUT2D eigenvalue weighted by Crippen LogP contribution is -2.54. The summed E-state index contributed by atoms with van der Waals surface area (Å²) in [5, 5.41) is 2.87. The molecule has 0 radical (unpaired) electrons. The van der Waals surface area contributed by atoms with Crippen molar-refractivity contribution in [3.05, 3.63) is 59.2 Å². The summed E-state index contributed by atoms with van der Waals surface area (Å²) in [6.45, 7) is 0.864. The first kappa shape index (κ1) is 21.0. The Morgan fingerprint density at radius 3 is 2.58 bits per heavy atom. The van der Waals surface area contributed by atoms with Gasteiger partial charge in [-0.1, -0.05) is 6.07 Å². The number of benzene rings is 2. The van der Waals surface area contributed by atoms with Crippen molar-refractivity contribution in [1.82, 2.24) is 10.2 Å². The molecular formula is C22H21F3N2O4. The number of halogens is 3. The number of hydrogen-bond acceptors (Lipinski definition) is 4. The van der Waals surface area contributed by atoms with Crippen molar-refractivity contribution in [3.63, 3.8) is 0 Å². The van der Waals surface area contributed by atoms with Crippen LogP contribution in [-0.2, 0) is 6.18 Å². The van der Waals surface area contributed by atoms with Crippen molar-refractivity contribution in [2.45, 2.75) is 24.6 Å². The van der Waals surface area contributed by atoms with Crippen LogP contribution in [0.4, 0.5) is 13.2 Å². The van der Waals surface area contributed by atoms with Gasteiger partial charge in [-0.2, -0.15) is 13.2 Å². The first-order valence-electron chi connectivity index (χ1n) is 9.83. The summed E-state index contributed by atoms with van der Waals surface area (Å²) in [7, 11) is 1.52. The van der Waals surface area contributed by atoms with Gasteiger partial charge >= 0.3 is 6.18 Å². The maximum Gasteiger partial charge on any atom is 0.416 e. The molecule has 4 rings (SSSR count). The van der Waals surface area contributed by atoms with Crippen molar-refractivity contribution >= 4 is 11.8 Å². The number of fused-ring (bicyclic) bond motifs is 1. The van der Waals surface area contributed by atoms with Gasteiger partial charge in [-0.25, -0.2) is 0 Å². The number of hydrogen-bond donors (Lipinski definition) is 1. The van der Waals surface area contributed by atoms with Crippen LogP contribution in [0.25, 0.3) is 0 Å². The fourth-order valence-electron chi connectivity index (χ4n) is 3.91. The van der Waals surface area contributed by atoms with E-state index < -0.39 is 23.2 Å². The van der Waals surface area contributed by atoms with Gasteiger partial charge in [0.15, 0.2) is 0 Å². The van der Waals surface area contributed by atoms with Gasteiger partial charge in [-0.15, -0.1) is 0 Å². The Balaban J connectivity index is 1.50. The molecule has 0 atom stereocenters. The maximum absolute atomic E-state index is 13.0. The molecule has 2 heterocycles. The normalized spacial score (nSPS) is 17.9. The number of likely N-dealkylation sites (tertiary alicyclic amines) is 1. The molecule has 0 saturated carbocycles. The number of nitrogens with zero attached hydrogens (tertiary/aromatic N) is 1. The third-order valence-corrected chi connectivity index (χ3v) is 5.73. The van der Waals surface area contributed by atoms with Crippen LogP contribution in [-0.4, -0.2) is 49.1 Å². The van der Waals surface area contributed by atoms with E-state index in [4.69, 9.17) is 9.47 Å². The molecule has 0 aromatic heterocycles. The topological polar surface area (TPSA) is 67.9 Å². The van der Waals surface area contributed by atoms with Gasteiger partial charge in [0.2, 0.25) is 0 Å². The number of piperidine rings is 1. The fourth-order valence-corrected chi connectivity index (χ4v) is 3.91. The lowest BCUT2D eigenvalue weighted by molar-refractivity contribution is -0.137. The Morgan fingerprint density at radius 2 is 1.90 bits per heavy atom. The zero-order valence-corrected chi connectivity index (χ0v) is 16.8. The second kappa shape index (κ2) is 7.79. The Labute approximate surface area is 176 Å². The van der Waals surface area contributed by atoms with Crippen molar-refractivity contribution in [2.24, 2.45) is 0 Å². The van der Waals surface area contributed by atoms with Crippen molar-refractivity contribution in [3.8, 4) is 11.5 Å². The van der Waals surface area contributed by atoms with Gasteiger partial charge in [-0.3, -0.25) is 9.59 Å². The predicted molar refractivity (Wildman–Crippen MR) is 105 cm³/mol. The Hall–Kier alpha value is -3.23. The standard InChI is InChI=1S/C22H21F3N2O4/c1-30-16-5-6-17-18(12-16)31-21(13-26-19(17)28)7-9-27(10-8-21)20(29)14-3-2-4-15(11-14)22(23,24)25/h2-6,11-12H,7-10,13H2,1H3,(H,26,28). The second-order valence-corrected chi connectivity index (χ2v) is 7.70. The quantitative estimate of drug-likeness (QED) is 0.786. The lowest BCUT2D eigenvalue weighted by Gasteiger charge is -2.41. The SMILES string of the molecule is COc1ccc2c(c1)OC1(CCN(C(=O)c3cccc(C(F)(F)F)c3)CC1)CNC2=O. The number of alkyl halides is 3. The summed E-state index contributed by atoms with van der Waals surface area (Å²) in [5.41, 5.74) is -1.17. The van der Waals surface area contributed by atoms with Crippen molar-refractivity contribution in [1.29, 1.82) is 0 Å². The van der Waals surface area contributed by atoms with Crippen molar-refractivity contribution < 1.29 is 32.2 Å². The molecule has 0 unspecified atom stereocenters. The van der Waals surface area contributed by atoms with Gasteiger partial charge in [0.1, 0.15) is 17.1 Å². The van der Waals surface area contributed by atoms with Crippen LogP contribution in [0.1, 0.15) is 39.1 Å². The van der Waals surface area contributed by atoms with E-state index in [1.807, 2.05) is 0 Å². The van der Waals surface area contributed by atoms with E-state index in [1.54, 1.807) is 18.2 Å². The number of ether oxygens (including phenoxy) is 2. The minimum atomic E-state index is -4.51. The van der Waals surface area contributed by atoms with E-state index in [0.717, 1.165) is 12.1 Å². The molecule has 1 fully saturated rings. The molecule has 2 aliphatic heterocycles. The fraction of sp³-hybridized carbons (Fsp3) is 0.364. The van der Waals surface area contributed by atoms with Gasteiger partial charge in [0, 0.05) is 37.6 Å². The molecular weight excluding hydrogens is 413 g/mol. The monoisotopic (exact) mass is 434 g/mol. The van der Waals surface area contributed by atoms with Gasteiger partial charge < -0.3 is 19.7 Å². The highest BCUT2D eigenvalue weighted by atomic mass is 19.4. The van der Waals surface area contributed by atoms with Crippen LogP contribution in [0.3, 0.4) is 0 Å². The maximum atomic E-state index is 13.0. The molecule has 1 spiro atoms. The number of methoxy groups -OCH3 is 1. The molecule has 164 valence electrons. The number of carbonyl (C=O) groups excluding carboxylic acids is 2. The van der Waals surface area contributed by atoms with Crippen LogP contribution in [0.5, 0.6) is 11.5 Å².